The highest BCUT2D eigenvalue weighted by Gasteiger charge is 2.34. The molecule has 14 heavy (non-hydrogen) atoms. The van der Waals surface area contributed by atoms with Gasteiger partial charge in [0, 0.05) is 0 Å². The molecule has 78 valence electrons. The predicted molar refractivity (Wildman–Crippen MR) is 38.7 cm³/mol. The van der Waals surface area contributed by atoms with Crippen LogP contribution in [0.15, 0.2) is 6.20 Å². The van der Waals surface area contributed by atoms with E-state index < -0.39 is 29.4 Å². The number of aromatic hydroxyl groups is 2. The highest BCUT2D eigenvalue weighted by atomic mass is 19.4. The summed E-state index contributed by atoms with van der Waals surface area (Å²) in [5, 5.41) is 17.8. The number of aromatic nitrogens is 1. The molecule has 0 saturated carbocycles. The first-order valence-electron chi connectivity index (χ1n) is 3.23. The van der Waals surface area contributed by atoms with Crippen LogP contribution in [-0.2, 0) is 0 Å². The van der Waals surface area contributed by atoms with Gasteiger partial charge >= 0.3 is 6.36 Å². The molecule has 1 heterocycles. The summed E-state index contributed by atoms with van der Waals surface area (Å²) >= 11 is 0. The van der Waals surface area contributed by atoms with Crippen molar-refractivity contribution in [2.75, 3.05) is 5.73 Å². The van der Waals surface area contributed by atoms with Crippen molar-refractivity contribution in [2.45, 2.75) is 6.36 Å². The monoisotopic (exact) mass is 210 g/mol. The van der Waals surface area contributed by atoms with Gasteiger partial charge < -0.3 is 20.7 Å². The Balaban J connectivity index is 3.13. The van der Waals surface area contributed by atoms with E-state index in [1.807, 2.05) is 0 Å². The number of pyridine rings is 1. The lowest BCUT2D eigenvalue weighted by atomic mass is 10.3. The Kier molecular flexibility index (Phi) is 2.28. The number of alkyl halides is 3. The summed E-state index contributed by atoms with van der Waals surface area (Å²) in [6.07, 6.45) is -4.39. The molecule has 0 amide bonds. The van der Waals surface area contributed by atoms with Crippen LogP contribution in [0.3, 0.4) is 0 Å². The van der Waals surface area contributed by atoms with Crippen molar-refractivity contribution < 1.29 is 28.1 Å². The smallest absolute Gasteiger partial charge is 0.503 e. The first-order chi connectivity index (χ1) is 6.31. The molecule has 0 saturated heterocycles. The second-order valence-corrected chi connectivity index (χ2v) is 2.25. The number of nitrogens with two attached hydrogens (primary N) is 1. The van der Waals surface area contributed by atoms with E-state index in [1.54, 1.807) is 0 Å². The summed E-state index contributed by atoms with van der Waals surface area (Å²) in [6.45, 7) is 0. The van der Waals surface area contributed by atoms with Crippen LogP contribution in [0.5, 0.6) is 17.2 Å². The number of hydrogen-bond acceptors (Lipinski definition) is 5. The summed E-state index contributed by atoms with van der Waals surface area (Å²) in [7, 11) is 0. The highest BCUT2D eigenvalue weighted by Crippen LogP contribution is 2.41. The maximum absolute atomic E-state index is 11.7. The second kappa shape index (κ2) is 3.13. The van der Waals surface area contributed by atoms with Gasteiger partial charge in [-0.2, -0.15) is 0 Å². The molecule has 0 aliphatic rings. The number of anilines is 1. The number of rotatable bonds is 1. The van der Waals surface area contributed by atoms with Gasteiger partial charge in [0.1, 0.15) is 0 Å². The van der Waals surface area contributed by atoms with Crippen LogP contribution in [0.4, 0.5) is 19.0 Å². The van der Waals surface area contributed by atoms with Crippen LogP contribution in [0.25, 0.3) is 0 Å². The molecule has 0 bridgehead atoms. The Morgan fingerprint density at radius 1 is 1.36 bits per heavy atom. The summed E-state index contributed by atoms with van der Waals surface area (Å²) in [6, 6.07) is 0. The molecule has 4 N–H and O–H groups in total. The Morgan fingerprint density at radius 2 is 1.93 bits per heavy atom. The predicted octanol–water partition coefficient (Wildman–Crippen LogP) is 0.974. The zero-order valence-electron chi connectivity index (χ0n) is 6.54. The van der Waals surface area contributed by atoms with Crippen LogP contribution < -0.4 is 10.5 Å². The maximum atomic E-state index is 11.7. The zero-order chi connectivity index (χ0) is 10.9. The first-order valence-corrected chi connectivity index (χ1v) is 3.23. The Labute approximate surface area is 75.6 Å². The molecular weight excluding hydrogens is 205 g/mol. The van der Waals surface area contributed by atoms with Gasteiger partial charge in [-0.1, -0.05) is 0 Å². The van der Waals surface area contributed by atoms with Crippen LogP contribution >= 0.6 is 0 Å². The lowest BCUT2D eigenvalue weighted by molar-refractivity contribution is -0.275. The molecule has 8 heteroatoms. The Morgan fingerprint density at radius 3 is 2.43 bits per heavy atom. The van der Waals surface area contributed by atoms with E-state index in [4.69, 9.17) is 15.9 Å². The van der Waals surface area contributed by atoms with Crippen LogP contribution in [-0.4, -0.2) is 21.6 Å². The van der Waals surface area contributed by atoms with Crippen molar-refractivity contribution in [3.05, 3.63) is 6.20 Å². The number of nitrogens with zero attached hydrogens (tertiary/aromatic N) is 1. The topological polar surface area (TPSA) is 88.6 Å². The molecule has 0 radical (unpaired) electrons. The summed E-state index contributed by atoms with van der Waals surface area (Å²) < 4.78 is 38.5. The molecule has 1 rings (SSSR count). The van der Waals surface area contributed by atoms with Crippen LogP contribution in [0, 0.1) is 0 Å². The molecule has 0 unspecified atom stereocenters. The van der Waals surface area contributed by atoms with Gasteiger partial charge in [0.25, 0.3) is 0 Å². The van der Waals surface area contributed by atoms with E-state index in [1.165, 1.54) is 0 Å². The number of halogens is 3. The van der Waals surface area contributed by atoms with Crippen molar-refractivity contribution in [1.29, 1.82) is 0 Å². The third-order valence-electron chi connectivity index (χ3n) is 1.23. The average Bonchev–Trinajstić information content (AvgIpc) is 2.04. The number of hydrogen-bond donors (Lipinski definition) is 3. The molecule has 0 aromatic carbocycles. The molecule has 0 atom stereocenters. The fourth-order valence-corrected chi connectivity index (χ4v) is 0.704. The first kappa shape index (κ1) is 10.2. The molecule has 0 aliphatic carbocycles. The van der Waals surface area contributed by atoms with Crippen molar-refractivity contribution >= 4 is 5.82 Å². The van der Waals surface area contributed by atoms with E-state index in [0.29, 0.717) is 6.20 Å². The zero-order valence-corrected chi connectivity index (χ0v) is 6.54. The molecule has 1 aromatic rings. The maximum Gasteiger partial charge on any atom is 0.573 e. The highest BCUT2D eigenvalue weighted by molar-refractivity contribution is 5.59. The number of ether oxygens (including phenoxy) is 1. The lowest BCUT2D eigenvalue weighted by Crippen LogP contribution is -2.17. The average molecular weight is 210 g/mol. The Bertz CT molecular complexity index is 353. The SMILES string of the molecule is Nc1ncc(O)c(OC(F)(F)F)c1O. The van der Waals surface area contributed by atoms with E-state index in [2.05, 4.69) is 9.72 Å². The second-order valence-electron chi connectivity index (χ2n) is 2.25. The van der Waals surface area contributed by atoms with Crippen LogP contribution in [0.2, 0.25) is 0 Å². The minimum atomic E-state index is -5.03. The van der Waals surface area contributed by atoms with Gasteiger partial charge in [0.05, 0.1) is 6.20 Å². The fraction of sp³-hybridized carbons (Fsp3) is 0.167. The van der Waals surface area contributed by atoms with Gasteiger partial charge in [-0.05, 0) is 0 Å². The summed E-state index contributed by atoms with van der Waals surface area (Å²) in [4.78, 5) is 3.20. The molecular formula is C6H5F3N2O3. The van der Waals surface area contributed by atoms with E-state index >= 15 is 0 Å². The molecule has 0 aliphatic heterocycles. The normalized spacial score (nSPS) is 11.4. The standard InChI is InChI=1S/C6H5F3N2O3/c7-6(8,9)14-4-2(12)1-11-5(10)3(4)13/h1,12-13H,(H2,10,11). The largest absolute Gasteiger partial charge is 0.573 e. The summed E-state index contributed by atoms with van der Waals surface area (Å²) in [5.41, 5.74) is 4.99. The Hall–Kier alpha value is -1.86. The van der Waals surface area contributed by atoms with E-state index in [9.17, 15) is 13.2 Å². The number of nitrogen functional groups attached to an aromatic ring is 1. The van der Waals surface area contributed by atoms with Crippen LogP contribution in [0.1, 0.15) is 0 Å². The summed E-state index contributed by atoms with van der Waals surface area (Å²) in [5.74, 6) is -3.73. The quantitative estimate of drug-likeness (QED) is 0.642. The van der Waals surface area contributed by atoms with Gasteiger partial charge in [-0.3, -0.25) is 0 Å². The van der Waals surface area contributed by atoms with E-state index in [-0.39, 0.29) is 0 Å². The van der Waals surface area contributed by atoms with Gasteiger partial charge in [-0.25, -0.2) is 4.98 Å². The minimum Gasteiger partial charge on any atom is -0.503 e. The third kappa shape index (κ3) is 2.09. The molecule has 0 fully saturated rings. The van der Waals surface area contributed by atoms with Gasteiger partial charge in [0.15, 0.2) is 11.6 Å². The lowest BCUT2D eigenvalue weighted by Gasteiger charge is -2.11. The van der Waals surface area contributed by atoms with Crippen molar-refractivity contribution in [2.24, 2.45) is 0 Å². The van der Waals surface area contributed by atoms with Crippen molar-refractivity contribution in [3.8, 4) is 17.2 Å². The van der Waals surface area contributed by atoms with Gasteiger partial charge in [-0.15, -0.1) is 13.2 Å². The van der Waals surface area contributed by atoms with Gasteiger partial charge in [0.2, 0.25) is 11.5 Å². The van der Waals surface area contributed by atoms with Crippen molar-refractivity contribution in [3.63, 3.8) is 0 Å². The molecule has 1 aromatic heterocycles. The molecule has 5 nitrogen and oxygen atoms in total. The third-order valence-corrected chi connectivity index (χ3v) is 1.23. The fourth-order valence-electron chi connectivity index (χ4n) is 0.704. The molecule has 0 spiro atoms. The minimum absolute atomic E-state index is 0.568. The van der Waals surface area contributed by atoms with E-state index in [0.717, 1.165) is 0 Å². The van der Waals surface area contributed by atoms with Crippen molar-refractivity contribution in [1.82, 2.24) is 4.98 Å².